The molecular formula is C23H18N4O4. The molecule has 0 saturated carbocycles. The second kappa shape index (κ2) is 8.91. The number of hydrazone groups is 1. The van der Waals surface area contributed by atoms with E-state index in [0.717, 1.165) is 16.5 Å². The minimum Gasteiger partial charge on any atom is -0.455 e. The SMILES string of the molecule is O=C(CNc1cccc2ccccc12)N/N=C\c1ccc(-c2cccc([N+](=O)[O-])c2)o1. The topological polar surface area (TPSA) is 110 Å². The van der Waals surface area contributed by atoms with E-state index in [9.17, 15) is 14.9 Å². The highest BCUT2D eigenvalue weighted by atomic mass is 16.6. The van der Waals surface area contributed by atoms with Crippen molar-refractivity contribution in [2.75, 3.05) is 11.9 Å². The average Bonchev–Trinajstić information content (AvgIpc) is 3.27. The van der Waals surface area contributed by atoms with Crippen LogP contribution in [0.5, 0.6) is 0 Å². The summed E-state index contributed by atoms with van der Waals surface area (Å²) in [5.74, 6) is 0.563. The molecule has 0 spiro atoms. The number of benzene rings is 3. The lowest BCUT2D eigenvalue weighted by atomic mass is 10.1. The Kier molecular flexibility index (Phi) is 5.70. The molecule has 0 bridgehead atoms. The zero-order chi connectivity index (χ0) is 21.6. The number of furan rings is 1. The van der Waals surface area contributed by atoms with Crippen LogP contribution in [0.25, 0.3) is 22.1 Å². The lowest BCUT2D eigenvalue weighted by molar-refractivity contribution is -0.384. The van der Waals surface area contributed by atoms with Crippen LogP contribution in [-0.4, -0.2) is 23.6 Å². The van der Waals surface area contributed by atoms with Gasteiger partial charge in [-0.15, -0.1) is 0 Å². The first-order valence-electron chi connectivity index (χ1n) is 9.48. The fourth-order valence-electron chi connectivity index (χ4n) is 3.11. The molecule has 0 aliphatic heterocycles. The Hall–Kier alpha value is -4.46. The molecule has 154 valence electrons. The quantitative estimate of drug-likeness (QED) is 0.261. The molecule has 0 fully saturated rings. The maximum atomic E-state index is 12.1. The Morgan fingerprint density at radius 1 is 1.03 bits per heavy atom. The molecule has 0 aliphatic rings. The molecule has 8 nitrogen and oxygen atoms in total. The molecule has 1 amide bonds. The van der Waals surface area contributed by atoms with Crippen LogP contribution < -0.4 is 10.7 Å². The maximum Gasteiger partial charge on any atom is 0.270 e. The van der Waals surface area contributed by atoms with Gasteiger partial charge in [0.1, 0.15) is 11.5 Å². The highest BCUT2D eigenvalue weighted by Gasteiger charge is 2.10. The van der Waals surface area contributed by atoms with Gasteiger partial charge >= 0.3 is 0 Å². The molecule has 0 aliphatic carbocycles. The molecule has 3 aromatic carbocycles. The van der Waals surface area contributed by atoms with Gasteiger partial charge < -0.3 is 9.73 Å². The van der Waals surface area contributed by atoms with Crippen LogP contribution >= 0.6 is 0 Å². The lowest BCUT2D eigenvalue weighted by Gasteiger charge is -2.08. The van der Waals surface area contributed by atoms with E-state index in [1.807, 2.05) is 42.5 Å². The number of nitrogens with one attached hydrogen (secondary N) is 2. The Morgan fingerprint density at radius 3 is 2.71 bits per heavy atom. The van der Waals surface area contributed by atoms with E-state index in [0.29, 0.717) is 17.1 Å². The summed E-state index contributed by atoms with van der Waals surface area (Å²) >= 11 is 0. The molecule has 2 N–H and O–H groups in total. The monoisotopic (exact) mass is 414 g/mol. The predicted octanol–water partition coefficient (Wildman–Crippen LogP) is 4.57. The van der Waals surface area contributed by atoms with E-state index >= 15 is 0 Å². The number of hydrogen-bond donors (Lipinski definition) is 2. The van der Waals surface area contributed by atoms with E-state index in [-0.39, 0.29) is 18.1 Å². The van der Waals surface area contributed by atoms with Crippen LogP contribution in [0.3, 0.4) is 0 Å². The molecule has 1 heterocycles. The number of rotatable bonds is 7. The van der Waals surface area contributed by atoms with Crippen molar-refractivity contribution >= 4 is 34.3 Å². The van der Waals surface area contributed by atoms with E-state index in [2.05, 4.69) is 15.8 Å². The number of carbonyl (C=O) groups is 1. The van der Waals surface area contributed by atoms with Crippen molar-refractivity contribution in [1.82, 2.24) is 5.43 Å². The van der Waals surface area contributed by atoms with Crippen molar-refractivity contribution in [3.05, 3.63) is 94.7 Å². The van der Waals surface area contributed by atoms with Gasteiger partial charge in [0.15, 0.2) is 0 Å². The van der Waals surface area contributed by atoms with Crippen LogP contribution in [-0.2, 0) is 4.79 Å². The largest absolute Gasteiger partial charge is 0.455 e. The summed E-state index contributed by atoms with van der Waals surface area (Å²) in [6, 6.07) is 23.3. The van der Waals surface area contributed by atoms with Gasteiger partial charge in [0.25, 0.3) is 11.6 Å². The normalized spacial score (nSPS) is 11.0. The Labute approximate surface area is 177 Å². The van der Waals surface area contributed by atoms with Gasteiger partial charge in [0.2, 0.25) is 0 Å². The molecule has 4 aromatic rings. The molecule has 1 aromatic heterocycles. The number of hydrogen-bond acceptors (Lipinski definition) is 6. The van der Waals surface area contributed by atoms with Gasteiger partial charge in [-0.25, -0.2) is 5.43 Å². The highest BCUT2D eigenvalue weighted by Crippen LogP contribution is 2.25. The zero-order valence-corrected chi connectivity index (χ0v) is 16.3. The van der Waals surface area contributed by atoms with Crippen LogP contribution in [0.4, 0.5) is 11.4 Å². The standard InChI is InChI=1S/C23H18N4O4/c28-23(15-24-21-10-4-6-16-5-1-2-9-20(16)21)26-25-14-19-11-12-22(31-19)17-7-3-8-18(13-17)27(29)30/h1-14,24H,15H2,(H,26,28)/b25-14-. The maximum absolute atomic E-state index is 12.1. The van der Waals surface area contributed by atoms with Gasteiger partial charge in [-0.3, -0.25) is 14.9 Å². The first-order valence-corrected chi connectivity index (χ1v) is 9.48. The van der Waals surface area contributed by atoms with Crippen molar-refractivity contribution in [3.63, 3.8) is 0 Å². The van der Waals surface area contributed by atoms with Crippen LogP contribution in [0.15, 0.2) is 88.4 Å². The second-order valence-electron chi connectivity index (χ2n) is 6.68. The third-order valence-electron chi connectivity index (χ3n) is 4.58. The summed E-state index contributed by atoms with van der Waals surface area (Å²) < 4.78 is 5.62. The van der Waals surface area contributed by atoms with Gasteiger partial charge in [-0.2, -0.15) is 5.10 Å². The summed E-state index contributed by atoms with van der Waals surface area (Å²) in [5, 5.41) is 20.0. The molecule has 8 heteroatoms. The molecule has 0 radical (unpaired) electrons. The summed E-state index contributed by atoms with van der Waals surface area (Å²) in [4.78, 5) is 22.5. The predicted molar refractivity (Wildman–Crippen MR) is 119 cm³/mol. The van der Waals surface area contributed by atoms with Crippen molar-refractivity contribution in [3.8, 4) is 11.3 Å². The van der Waals surface area contributed by atoms with Crippen LogP contribution in [0.1, 0.15) is 5.76 Å². The number of nitro groups is 1. The van der Waals surface area contributed by atoms with Crippen molar-refractivity contribution in [2.45, 2.75) is 0 Å². The summed E-state index contributed by atoms with van der Waals surface area (Å²) in [7, 11) is 0. The van der Waals surface area contributed by atoms with Crippen molar-refractivity contribution < 1.29 is 14.1 Å². The van der Waals surface area contributed by atoms with E-state index < -0.39 is 4.92 Å². The number of nitro benzene ring substituents is 1. The summed E-state index contributed by atoms with van der Waals surface area (Å²) in [6.45, 7) is 0.0580. The van der Waals surface area contributed by atoms with Crippen LogP contribution in [0.2, 0.25) is 0 Å². The average molecular weight is 414 g/mol. The first-order chi connectivity index (χ1) is 15.1. The zero-order valence-electron chi connectivity index (χ0n) is 16.3. The number of fused-ring (bicyclic) bond motifs is 1. The molecular weight excluding hydrogens is 396 g/mol. The highest BCUT2D eigenvalue weighted by molar-refractivity contribution is 5.95. The van der Waals surface area contributed by atoms with Crippen molar-refractivity contribution in [1.29, 1.82) is 0 Å². The second-order valence-corrected chi connectivity index (χ2v) is 6.68. The number of nitrogens with zero attached hydrogens (tertiary/aromatic N) is 2. The summed E-state index contributed by atoms with van der Waals surface area (Å²) in [5.41, 5.74) is 3.87. The summed E-state index contributed by atoms with van der Waals surface area (Å²) in [6.07, 6.45) is 1.37. The third-order valence-corrected chi connectivity index (χ3v) is 4.58. The number of amides is 1. The fourth-order valence-corrected chi connectivity index (χ4v) is 3.11. The molecule has 0 saturated heterocycles. The smallest absolute Gasteiger partial charge is 0.270 e. The Bertz CT molecular complexity index is 1270. The van der Waals surface area contributed by atoms with E-state index in [1.165, 1.54) is 18.3 Å². The van der Waals surface area contributed by atoms with E-state index in [4.69, 9.17) is 4.42 Å². The van der Waals surface area contributed by atoms with E-state index in [1.54, 1.807) is 24.3 Å². The number of anilines is 1. The lowest BCUT2D eigenvalue weighted by Crippen LogP contribution is -2.25. The Morgan fingerprint density at radius 2 is 1.84 bits per heavy atom. The molecule has 0 atom stereocenters. The first kappa shape index (κ1) is 19.8. The number of non-ortho nitro benzene ring substituents is 1. The van der Waals surface area contributed by atoms with Gasteiger partial charge in [-0.1, -0.05) is 48.5 Å². The Balaban J connectivity index is 1.34. The fraction of sp³-hybridized carbons (Fsp3) is 0.0435. The van der Waals surface area contributed by atoms with Crippen LogP contribution in [0, 0.1) is 10.1 Å². The van der Waals surface area contributed by atoms with Gasteiger partial charge in [-0.05, 0) is 23.6 Å². The third kappa shape index (κ3) is 4.76. The van der Waals surface area contributed by atoms with Gasteiger partial charge in [0, 0.05) is 28.8 Å². The number of carbonyl (C=O) groups excluding carboxylic acids is 1. The van der Waals surface area contributed by atoms with Crippen molar-refractivity contribution in [2.24, 2.45) is 5.10 Å². The minimum absolute atomic E-state index is 0.0184. The molecule has 31 heavy (non-hydrogen) atoms. The minimum atomic E-state index is -0.462. The van der Waals surface area contributed by atoms with Gasteiger partial charge in [0.05, 0.1) is 17.7 Å². The molecule has 0 unspecified atom stereocenters. The molecule has 4 rings (SSSR count).